The smallest absolute Gasteiger partial charge is 0.191 e. The monoisotopic (exact) mass is 501 g/mol. The Balaban J connectivity index is 0.00000280. The molecule has 6 nitrogen and oxygen atoms in total. The molecular weight excluding hydrogens is 465 g/mol. The number of hydrogen-bond acceptors (Lipinski definition) is 4. The van der Waals surface area contributed by atoms with Gasteiger partial charge >= 0.3 is 0 Å². The van der Waals surface area contributed by atoms with Gasteiger partial charge in [0.1, 0.15) is 0 Å². The zero-order valence-corrected chi connectivity index (χ0v) is 19.7. The molecule has 2 saturated heterocycles. The summed E-state index contributed by atoms with van der Waals surface area (Å²) in [5.74, 6) is 1.60. The highest BCUT2D eigenvalue weighted by Gasteiger charge is 2.17. The molecule has 2 N–H and O–H groups in total. The number of benzene rings is 1. The molecule has 158 valence electrons. The highest BCUT2D eigenvalue weighted by molar-refractivity contribution is 14.0. The number of guanidine groups is 1. The molecule has 2 fully saturated rings. The number of aliphatic imine (C=N–C) groups is 1. The molecule has 0 saturated carbocycles. The van der Waals surface area contributed by atoms with Crippen LogP contribution in [0.4, 0.5) is 0 Å². The number of halogens is 1. The summed E-state index contributed by atoms with van der Waals surface area (Å²) < 4.78 is 5.46. The molecule has 3 rings (SSSR count). The molecule has 1 atom stereocenters. The maximum atomic E-state index is 5.46. The number of nitrogens with one attached hydrogen (secondary N) is 2. The molecule has 0 radical (unpaired) electrons. The molecule has 1 unspecified atom stereocenters. The van der Waals surface area contributed by atoms with Crippen molar-refractivity contribution in [1.29, 1.82) is 0 Å². The van der Waals surface area contributed by atoms with E-state index in [1.54, 1.807) is 0 Å². The van der Waals surface area contributed by atoms with E-state index in [1.165, 1.54) is 37.1 Å². The summed E-state index contributed by atoms with van der Waals surface area (Å²) in [5.41, 5.74) is 2.72. The summed E-state index contributed by atoms with van der Waals surface area (Å²) in [6, 6.07) is 8.70. The van der Waals surface area contributed by atoms with Gasteiger partial charge in [0.25, 0.3) is 0 Å². The van der Waals surface area contributed by atoms with Crippen molar-refractivity contribution < 1.29 is 4.74 Å². The second-order valence-electron chi connectivity index (χ2n) is 7.73. The van der Waals surface area contributed by atoms with Gasteiger partial charge in [0.05, 0.1) is 13.2 Å². The maximum absolute atomic E-state index is 5.46. The minimum Gasteiger partial charge on any atom is -0.379 e. The van der Waals surface area contributed by atoms with Crippen LogP contribution in [-0.2, 0) is 17.8 Å². The first-order valence-electron chi connectivity index (χ1n) is 10.2. The van der Waals surface area contributed by atoms with Crippen LogP contribution in [0.1, 0.15) is 24.0 Å². The first kappa shape index (κ1) is 23.4. The molecule has 0 spiro atoms. The minimum atomic E-state index is 0. The lowest BCUT2D eigenvalue weighted by molar-refractivity contribution is 0.0341. The minimum absolute atomic E-state index is 0. The van der Waals surface area contributed by atoms with Gasteiger partial charge < -0.3 is 20.3 Å². The fraction of sp³-hybridized carbons (Fsp3) is 0.667. The summed E-state index contributed by atoms with van der Waals surface area (Å²) >= 11 is 0. The molecule has 0 amide bonds. The average molecular weight is 501 g/mol. The van der Waals surface area contributed by atoms with E-state index in [9.17, 15) is 0 Å². The molecule has 0 aromatic heterocycles. The fourth-order valence-electron chi connectivity index (χ4n) is 3.96. The highest BCUT2D eigenvalue weighted by Crippen LogP contribution is 2.14. The SMILES string of the molecule is CN=C(NCc1ccccc1CN1CCOCC1)NCC1CCCN(C)C1.I. The highest BCUT2D eigenvalue weighted by atomic mass is 127. The summed E-state index contributed by atoms with van der Waals surface area (Å²) in [7, 11) is 4.06. The Labute approximate surface area is 187 Å². The van der Waals surface area contributed by atoms with Gasteiger partial charge in [-0.2, -0.15) is 0 Å². The predicted molar refractivity (Wildman–Crippen MR) is 126 cm³/mol. The zero-order chi connectivity index (χ0) is 18.9. The number of piperidine rings is 1. The number of ether oxygens (including phenoxy) is 1. The number of nitrogens with zero attached hydrogens (tertiary/aromatic N) is 3. The van der Waals surface area contributed by atoms with Crippen molar-refractivity contribution in [3.05, 3.63) is 35.4 Å². The second kappa shape index (κ2) is 12.6. The number of morpholine rings is 1. The van der Waals surface area contributed by atoms with Gasteiger partial charge in [0.15, 0.2) is 5.96 Å². The predicted octanol–water partition coefficient (Wildman–Crippen LogP) is 2.14. The van der Waals surface area contributed by atoms with Gasteiger partial charge in [-0.3, -0.25) is 9.89 Å². The Morgan fingerprint density at radius 1 is 1.14 bits per heavy atom. The summed E-state index contributed by atoms with van der Waals surface area (Å²) in [5, 5.41) is 7.01. The molecular formula is C21H36IN5O. The summed E-state index contributed by atoms with van der Waals surface area (Å²) in [4.78, 5) is 9.30. The number of rotatable bonds is 6. The van der Waals surface area contributed by atoms with Crippen LogP contribution in [0.15, 0.2) is 29.3 Å². The molecule has 0 aliphatic carbocycles. The normalized spacial score (nSPS) is 21.8. The van der Waals surface area contributed by atoms with Crippen LogP contribution in [0.5, 0.6) is 0 Å². The summed E-state index contributed by atoms with van der Waals surface area (Å²) in [6.45, 7) is 8.88. The van der Waals surface area contributed by atoms with E-state index in [2.05, 4.69) is 56.7 Å². The lowest BCUT2D eigenvalue weighted by Crippen LogP contribution is -2.43. The third-order valence-corrected chi connectivity index (χ3v) is 5.57. The van der Waals surface area contributed by atoms with Crippen molar-refractivity contribution in [3.63, 3.8) is 0 Å². The van der Waals surface area contributed by atoms with Crippen molar-refractivity contribution in [2.45, 2.75) is 25.9 Å². The van der Waals surface area contributed by atoms with Crippen LogP contribution >= 0.6 is 24.0 Å². The molecule has 7 heteroatoms. The third-order valence-electron chi connectivity index (χ3n) is 5.57. The van der Waals surface area contributed by atoms with Crippen molar-refractivity contribution in [3.8, 4) is 0 Å². The molecule has 2 aliphatic rings. The Morgan fingerprint density at radius 2 is 1.89 bits per heavy atom. The van der Waals surface area contributed by atoms with E-state index in [-0.39, 0.29) is 24.0 Å². The van der Waals surface area contributed by atoms with Crippen molar-refractivity contribution in [1.82, 2.24) is 20.4 Å². The largest absolute Gasteiger partial charge is 0.379 e. The molecule has 28 heavy (non-hydrogen) atoms. The maximum Gasteiger partial charge on any atom is 0.191 e. The van der Waals surface area contributed by atoms with Crippen LogP contribution in [0.25, 0.3) is 0 Å². The number of likely N-dealkylation sites (tertiary alicyclic amines) is 1. The van der Waals surface area contributed by atoms with Gasteiger partial charge in [-0.25, -0.2) is 0 Å². The third kappa shape index (κ3) is 7.50. The van der Waals surface area contributed by atoms with Crippen LogP contribution < -0.4 is 10.6 Å². The van der Waals surface area contributed by atoms with Gasteiger partial charge in [-0.05, 0) is 43.5 Å². The first-order chi connectivity index (χ1) is 13.2. The van der Waals surface area contributed by atoms with Crippen LogP contribution in [0.3, 0.4) is 0 Å². The van der Waals surface area contributed by atoms with E-state index >= 15 is 0 Å². The standard InChI is InChI=1S/C21H35N5O.HI/c1-22-21(23-14-18-6-5-9-25(2)16-18)24-15-19-7-3-4-8-20(19)17-26-10-12-27-13-11-26;/h3-4,7-8,18H,5-6,9-17H2,1-2H3,(H2,22,23,24);1H. The van der Waals surface area contributed by atoms with Crippen LogP contribution in [0.2, 0.25) is 0 Å². The van der Waals surface area contributed by atoms with Crippen LogP contribution in [-0.4, -0.2) is 75.8 Å². The zero-order valence-electron chi connectivity index (χ0n) is 17.3. The van der Waals surface area contributed by atoms with Crippen LogP contribution in [0, 0.1) is 5.92 Å². The van der Waals surface area contributed by atoms with E-state index in [0.717, 1.165) is 51.9 Å². The molecule has 0 bridgehead atoms. The lowest BCUT2D eigenvalue weighted by Gasteiger charge is -2.30. The number of hydrogen-bond donors (Lipinski definition) is 2. The Hall–Kier alpha value is -0.900. The Bertz CT molecular complexity index is 606. The fourth-order valence-corrected chi connectivity index (χ4v) is 3.96. The Morgan fingerprint density at radius 3 is 2.61 bits per heavy atom. The van der Waals surface area contributed by atoms with E-state index in [4.69, 9.17) is 4.74 Å². The second-order valence-corrected chi connectivity index (χ2v) is 7.73. The van der Waals surface area contributed by atoms with E-state index < -0.39 is 0 Å². The van der Waals surface area contributed by atoms with Gasteiger partial charge in [0.2, 0.25) is 0 Å². The molecule has 1 aromatic rings. The first-order valence-corrected chi connectivity index (χ1v) is 10.2. The molecule has 2 aliphatic heterocycles. The van der Waals surface area contributed by atoms with E-state index in [0.29, 0.717) is 5.92 Å². The van der Waals surface area contributed by atoms with Crippen molar-refractivity contribution in [2.75, 3.05) is 60.0 Å². The lowest BCUT2D eigenvalue weighted by atomic mass is 9.99. The topological polar surface area (TPSA) is 52.1 Å². The summed E-state index contributed by atoms with van der Waals surface area (Å²) in [6.07, 6.45) is 2.60. The van der Waals surface area contributed by atoms with Gasteiger partial charge in [-0.1, -0.05) is 24.3 Å². The Kier molecular flexibility index (Phi) is 10.5. The van der Waals surface area contributed by atoms with Crippen molar-refractivity contribution >= 4 is 29.9 Å². The van der Waals surface area contributed by atoms with Crippen molar-refractivity contribution in [2.24, 2.45) is 10.9 Å². The molecule has 2 heterocycles. The quantitative estimate of drug-likeness (QED) is 0.356. The average Bonchev–Trinajstić information content (AvgIpc) is 2.70. The molecule has 1 aromatic carbocycles. The van der Waals surface area contributed by atoms with Gasteiger partial charge in [-0.15, -0.1) is 24.0 Å². The van der Waals surface area contributed by atoms with E-state index in [1.807, 2.05) is 7.05 Å². The van der Waals surface area contributed by atoms with Gasteiger partial charge in [0, 0.05) is 46.3 Å².